The molecule has 0 aliphatic carbocycles. The molecule has 1 aromatic carbocycles. The first-order chi connectivity index (χ1) is 6.79. The number of halogens is 1. The minimum Gasteiger partial charge on any atom is -0.260 e. The summed E-state index contributed by atoms with van der Waals surface area (Å²) >= 11 is 6.17. The number of aromatic nitrogens is 1. The van der Waals surface area contributed by atoms with Gasteiger partial charge in [-0.25, -0.2) is 0 Å². The van der Waals surface area contributed by atoms with Gasteiger partial charge < -0.3 is 0 Å². The van der Waals surface area contributed by atoms with E-state index in [1.807, 2.05) is 43.3 Å². The van der Waals surface area contributed by atoms with Crippen molar-refractivity contribution in [1.29, 1.82) is 0 Å². The van der Waals surface area contributed by atoms with E-state index in [1.165, 1.54) is 0 Å². The van der Waals surface area contributed by atoms with Crippen molar-refractivity contribution in [2.24, 2.45) is 0 Å². The predicted molar refractivity (Wildman–Crippen MR) is 59.4 cm³/mol. The van der Waals surface area contributed by atoms with Crippen LogP contribution in [0.15, 0.2) is 42.6 Å². The van der Waals surface area contributed by atoms with Crippen molar-refractivity contribution in [3.63, 3.8) is 0 Å². The zero-order valence-electron chi connectivity index (χ0n) is 7.87. The zero-order valence-corrected chi connectivity index (χ0v) is 8.62. The number of hydrogen-bond acceptors (Lipinski definition) is 1. The maximum absolute atomic E-state index is 6.17. The van der Waals surface area contributed by atoms with E-state index >= 15 is 0 Å². The van der Waals surface area contributed by atoms with E-state index in [1.54, 1.807) is 6.20 Å². The number of nitrogens with zero attached hydrogens (tertiary/aromatic N) is 1. The lowest BCUT2D eigenvalue weighted by Crippen LogP contribution is -1.85. The van der Waals surface area contributed by atoms with Gasteiger partial charge in [0.2, 0.25) is 0 Å². The van der Waals surface area contributed by atoms with Crippen molar-refractivity contribution >= 4 is 11.6 Å². The Bertz CT molecular complexity index is 437. The molecule has 70 valence electrons. The number of benzene rings is 1. The summed E-state index contributed by atoms with van der Waals surface area (Å²) in [6.07, 6.45) is 1.78. The van der Waals surface area contributed by atoms with Crippen molar-refractivity contribution in [2.45, 2.75) is 6.92 Å². The van der Waals surface area contributed by atoms with Gasteiger partial charge in [0, 0.05) is 11.8 Å². The van der Waals surface area contributed by atoms with Crippen LogP contribution < -0.4 is 0 Å². The Labute approximate surface area is 88.4 Å². The SMILES string of the molecule is Cc1nccc(-c2ccccc2)c1Cl. The number of hydrogen-bond donors (Lipinski definition) is 0. The van der Waals surface area contributed by atoms with Crippen molar-refractivity contribution in [3.8, 4) is 11.1 Å². The van der Waals surface area contributed by atoms with Gasteiger partial charge in [-0.3, -0.25) is 4.98 Å². The summed E-state index contributed by atoms with van der Waals surface area (Å²) in [7, 11) is 0. The maximum atomic E-state index is 6.17. The van der Waals surface area contributed by atoms with Crippen LogP contribution in [0.2, 0.25) is 5.02 Å². The molecular formula is C12H10ClN. The van der Waals surface area contributed by atoms with Crippen LogP contribution in [0.1, 0.15) is 5.69 Å². The monoisotopic (exact) mass is 203 g/mol. The molecule has 0 unspecified atom stereocenters. The number of rotatable bonds is 1. The lowest BCUT2D eigenvalue weighted by molar-refractivity contribution is 1.20. The highest BCUT2D eigenvalue weighted by atomic mass is 35.5. The Morgan fingerprint density at radius 2 is 1.79 bits per heavy atom. The second kappa shape index (κ2) is 3.81. The molecule has 1 aromatic heterocycles. The second-order valence-electron chi connectivity index (χ2n) is 3.12. The van der Waals surface area contributed by atoms with Crippen LogP contribution >= 0.6 is 11.6 Å². The van der Waals surface area contributed by atoms with Crippen molar-refractivity contribution in [3.05, 3.63) is 53.3 Å². The zero-order chi connectivity index (χ0) is 9.97. The van der Waals surface area contributed by atoms with Crippen LogP contribution in [-0.4, -0.2) is 4.98 Å². The topological polar surface area (TPSA) is 12.9 Å². The highest BCUT2D eigenvalue weighted by molar-refractivity contribution is 6.33. The number of pyridine rings is 1. The summed E-state index contributed by atoms with van der Waals surface area (Å²) in [5, 5.41) is 0.735. The molecule has 1 heterocycles. The third kappa shape index (κ3) is 1.64. The highest BCUT2D eigenvalue weighted by Crippen LogP contribution is 2.28. The summed E-state index contributed by atoms with van der Waals surface area (Å²) in [4.78, 5) is 4.13. The fraction of sp³-hybridized carbons (Fsp3) is 0.0833. The van der Waals surface area contributed by atoms with Gasteiger partial charge in [0.15, 0.2) is 0 Å². The standard InChI is InChI=1S/C12H10ClN/c1-9-12(13)11(7-8-14-9)10-5-3-2-4-6-10/h2-8H,1H3. The van der Waals surface area contributed by atoms with Gasteiger partial charge in [-0.2, -0.15) is 0 Å². The molecule has 2 aromatic rings. The molecule has 14 heavy (non-hydrogen) atoms. The van der Waals surface area contributed by atoms with Crippen molar-refractivity contribution in [2.75, 3.05) is 0 Å². The largest absolute Gasteiger partial charge is 0.260 e. The molecule has 0 saturated carbocycles. The average Bonchev–Trinajstić information content (AvgIpc) is 2.23. The summed E-state index contributed by atoms with van der Waals surface area (Å²) in [6.45, 7) is 1.91. The Balaban J connectivity index is 2.58. The molecule has 2 heteroatoms. The molecule has 0 radical (unpaired) electrons. The highest BCUT2D eigenvalue weighted by Gasteiger charge is 2.04. The first-order valence-electron chi connectivity index (χ1n) is 4.45. The minimum atomic E-state index is 0.735. The van der Waals surface area contributed by atoms with E-state index in [-0.39, 0.29) is 0 Å². The third-order valence-electron chi connectivity index (χ3n) is 2.15. The van der Waals surface area contributed by atoms with Gasteiger partial charge in [0.25, 0.3) is 0 Å². The third-order valence-corrected chi connectivity index (χ3v) is 2.63. The van der Waals surface area contributed by atoms with Crippen LogP contribution in [0.4, 0.5) is 0 Å². The maximum Gasteiger partial charge on any atom is 0.0696 e. The lowest BCUT2D eigenvalue weighted by Gasteiger charge is -2.05. The van der Waals surface area contributed by atoms with E-state index in [2.05, 4.69) is 4.98 Å². The average molecular weight is 204 g/mol. The molecule has 2 rings (SSSR count). The molecule has 0 N–H and O–H groups in total. The number of aryl methyl sites for hydroxylation is 1. The van der Waals surface area contributed by atoms with Gasteiger partial charge >= 0.3 is 0 Å². The molecule has 0 amide bonds. The van der Waals surface area contributed by atoms with Crippen LogP contribution in [0, 0.1) is 6.92 Å². The molecule has 0 bridgehead atoms. The first kappa shape index (κ1) is 9.22. The summed E-state index contributed by atoms with van der Waals surface area (Å²) in [5.41, 5.74) is 3.04. The molecule has 0 aliphatic rings. The van der Waals surface area contributed by atoms with Gasteiger partial charge in [-0.15, -0.1) is 0 Å². The normalized spacial score (nSPS) is 10.1. The summed E-state index contributed by atoms with van der Waals surface area (Å²) < 4.78 is 0. The van der Waals surface area contributed by atoms with Crippen LogP contribution in [0.3, 0.4) is 0 Å². The van der Waals surface area contributed by atoms with E-state index in [0.29, 0.717) is 0 Å². The molecular weight excluding hydrogens is 194 g/mol. The van der Waals surface area contributed by atoms with E-state index in [4.69, 9.17) is 11.6 Å². The molecule has 0 saturated heterocycles. The van der Waals surface area contributed by atoms with Crippen molar-refractivity contribution < 1.29 is 0 Å². The van der Waals surface area contributed by atoms with Gasteiger partial charge in [-0.05, 0) is 18.6 Å². The Kier molecular flexibility index (Phi) is 2.51. The van der Waals surface area contributed by atoms with E-state index in [0.717, 1.165) is 21.8 Å². The van der Waals surface area contributed by atoms with Gasteiger partial charge in [-0.1, -0.05) is 41.9 Å². The van der Waals surface area contributed by atoms with Gasteiger partial charge in [0.1, 0.15) is 0 Å². The van der Waals surface area contributed by atoms with Crippen LogP contribution in [0.25, 0.3) is 11.1 Å². The molecule has 0 fully saturated rings. The van der Waals surface area contributed by atoms with E-state index < -0.39 is 0 Å². The quantitative estimate of drug-likeness (QED) is 0.689. The summed E-state index contributed by atoms with van der Waals surface area (Å²) in [6, 6.07) is 12.0. The Morgan fingerprint density at radius 3 is 2.50 bits per heavy atom. The van der Waals surface area contributed by atoms with Crippen LogP contribution in [0.5, 0.6) is 0 Å². The molecule has 0 spiro atoms. The Hall–Kier alpha value is -1.34. The minimum absolute atomic E-state index is 0.735. The molecule has 0 aliphatic heterocycles. The second-order valence-corrected chi connectivity index (χ2v) is 3.50. The fourth-order valence-electron chi connectivity index (χ4n) is 1.39. The van der Waals surface area contributed by atoms with Gasteiger partial charge in [0.05, 0.1) is 10.7 Å². The van der Waals surface area contributed by atoms with E-state index in [9.17, 15) is 0 Å². The predicted octanol–water partition coefficient (Wildman–Crippen LogP) is 3.71. The lowest BCUT2D eigenvalue weighted by atomic mass is 10.1. The fourth-order valence-corrected chi connectivity index (χ4v) is 1.61. The van der Waals surface area contributed by atoms with Crippen LogP contribution in [-0.2, 0) is 0 Å². The smallest absolute Gasteiger partial charge is 0.0696 e. The Morgan fingerprint density at radius 1 is 1.07 bits per heavy atom. The summed E-state index contributed by atoms with van der Waals surface area (Å²) in [5.74, 6) is 0. The van der Waals surface area contributed by atoms with Crippen molar-refractivity contribution in [1.82, 2.24) is 4.98 Å². The first-order valence-corrected chi connectivity index (χ1v) is 4.83. The molecule has 0 atom stereocenters. The molecule has 1 nitrogen and oxygen atoms in total.